The van der Waals surface area contributed by atoms with E-state index < -0.39 is 8.07 Å². The molecular formula is C10H20N2OSSi. The average molecular weight is 244 g/mol. The fourth-order valence-corrected chi connectivity index (χ4v) is 4.49. The number of hydrogen-bond donors (Lipinski definition) is 0. The molecule has 0 unspecified atom stereocenters. The third kappa shape index (κ3) is 5.37. The largest absolute Gasteiger partial charge is 0.338 e. The lowest BCUT2D eigenvalue weighted by Crippen LogP contribution is -2.19. The predicted octanol–water partition coefficient (Wildman–Crippen LogP) is 3.20. The number of nitrogens with zero attached hydrogens (tertiary/aromatic N) is 2. The lowest BCUT2D eigenvalue weighted by atomic mass is 10.5. The zero-order valence-corrected chi connectivity index (χ0v) is 11.9. The van der Waals surface area contributed by atoms with Crippen LogP contribution in [0.4, 0.5) is 0 Å². The molecule has 3 nitrogen and oxygen atoms in total. The van der Waals surface area contributed by atoms with E-state index in [1.807, 2.05) is 18.7 Å². The van der Waals surface area contributed by atoms with Gasteiger partial charge in [-0.25, -0.2) is 0 Å². The molecule has 1 heterocycles. The smallest absolute Gasteiger partial charge is 0.236 e. The molecule has 15 heavy (non-hydrogen) atoms. The first-order chi connectivity index (χ1) is 7.01. The van der Waals surface area contributed by atoms with Gasteiger partial charge in [0.05, 0.1) is 5.75 Å². The van der Waals surface area contributed by atoms with Crippen molar-refractivity contribution in [3.63, 3.8) is 0 Å². The Bertz CT molecular complexity index is 296. The van der Waals surface area contributed by atoms with Crippen LogP contribution >= 0.6 is 11.8 Å². The molecule has 86 valence electrons. The van der Waals surface area contributed by atoms with Crippen molar-refractivity contribution in [2.75, 3.05) is 5.75 Å². The third-order valence-corrected chi connectivity index (χ3v) is 5.10. The summed E-state index contributed by atoms with van der Waals surface area (Å²) < 4.78 is 5.12. The van der Waals surface area contributed by atoms with E-state index in [0.717, 1.165) is 23.9 Å². The van der Waals surface area contributed by atoms with Crippen LogP contribution in [-0.2, 0) is 12.2 Å². The zero-order chi connectivity index (χ0) is 11.3. The maximum atomic E-state index is 5.12. The molecule has 1 rings (SSSR count). The van der Waals surface area contributed by atoms with E-state index in [9.17, 15) is 0 Å². The van der Waals surface area contributed by atoms with Gasteiger partial charge >= 0.3 is 0 Å². The summed E-state index contributed by atoms with van der Waals surface area (Å²) in [6, 6.07) is 1.35. The highest BCUT2D eigenvalue weighted by molar-refractivity contribution is 7.98. The van der Waals surface area contributed by atoms with E-state index in [-0.39, 0.29) is 0 Å². The minimum Gasteiger partial charge on any atom is -0.338 e. The van der Waals surface area contributed by atoms with Gasteiger partial charge in [-0.05, 0) is 11.8 Å². The lowest BCUT2D eigenvalue weighted by molar-refractivity contribution is 0.385. The van der Waals surface area contributed by atoms with E-state index in [1.165, 1.54) is 11.8 Å². The highest BCUT2D eigenvalue weighted by atomic mass is 32.2. The van der Waals surface area contributed by atoms with Crippen molar-refractivity contribution in [1.29, 1.82) is 0 Å². The van der Waals surface area contributed by atoms with Gasteiger partial charge in [0.15, 0.2) is 5.82 Å². The van der Waals surface area contributed by atoms with Crippen molar-refractivity contribution >= 4 is 19.8 Å². The van der Waals surface area contributed by atoms with Gasteiger partial charge < -0.3 is 4.52 Å². The van der Waals surface area contributed by atoms with Crippen LogP contribution in [0.5, 0.6) is 0 Å². The predicted molar refractivity (Wildman–Crippen MR) is 68.0 cm³/mol. The van der Waals surface area contributed by atoms with Crippen LogP contribution < -0.4 is 0 Å². The maximum absolute atomic E-state index is 5.12. The molecule has 1 aromatic heterocycles. The van der Waals surface area contributed by atoms with Crippen LogP contribution in [0, 0.1) is 0 Å². The van der Waals surface area contributed by atoms with Gasteiger partial charge in [0, 0.05) is 14.5 Å². The van der Waals surface area contributed by atoms with E-state index in [1.54, 1.807) is 0 Å². The summed E-state index contributed by atoms with van der Waals surface area (Å²) in [7, 11) is -0.885. The van der Waals surface area contributed by atoms with Crippen LogP contribution in [0.2, 0.25) is 25.7 Å². The van der Waals surface area contributed by atoms with Gasteiger partial charge in [0.1, 0.15) is 0 Å². The van der Waals surface area contributed by atoms with Crippen molar-refractivity contribution in [1.82, 2.24) is 10.1 Å². The molecule has 0 spiro atoms. The number of aromatic nitrogens is 2. The summed E-state index contributed by atoms with van der Waals surface area (Å²) in [4.78, 5) is 4.28. The Balaban J connectivity index is 2.20. The number of aryl methyl sites for hydroxylation is 1. The number of rotatable bonds is 6. The fourth-order valence-electron chi connectivity index (χ4n) is 1.03. The fraction of sp³-hybridized carbons (Fsp3) is 0.800. The second kappa shape index (κ2) is 5.70. The minimum absolute atomic E-state index is 0.771. The first kappa shape index (κ1) is 12.8. The normalized spacial score (nSPS) is 12.0. The summed E-state index contributed by atoms with van der Waals surface area (Å²) in [5.41, 5.74) is 0. The summed E-state index contributed by atoms with van der Waals surface area (Å²) in [5, 5.41) is 3.87. The lowest BCUT2D eigenvalue weighted by Gasteiger charge is -2.14. The minimum atomic E-state index is -0.885. The molecule has 1 aromatic rings. The number of thioether (sulfide) groups is 1. The monoisotopic (exact) mass is 244 g/mol. The molecule has 0 aliphatic heterocycles. The Morgan fingerprint density at radius 1 is 1.33 bits per heavy atom. The first-order valence-corrected chi connectivity index (χ1v) is 10.3. The Kier molecular flexibility index (Phi) is 4.85. The standard InChI is InChI=1S/C10H20N2OSSi/c1-5-9-11-10(13-12-9)8-14-6-7-15(2,3)4/h5-8H2,1-4H3. The van der Waals surface area contributed by atoms with E-state index >= 15 is 0 Å². The van der Waals surface area contributed by atoms with Gasteiger partial charge in [0.25, 0.3) is 0 Å². The van der Waals surface area contributed by atoms with Crippen LogP contribution in [0.25, 0.3) is 0 Å². The Morgan fingerprint density at radius 3 is 2.60 bits per heavy atom. The molecule has 0 aromatic carbocycles. The molecule has 0 N–H and O–H groups in total. The molecule has 0 aliphatic rings. The van der Waals surface area contributed by atoms with E-state index in [2.05, 4.69) is 29.8 Å². The maximum Gasteiger partial charge on any atom is 0.236 e. The van der Waals surface area contributed by atoms with E-state index in [0.29, 0.717) is 0 Å². The van der Waals surface area contributed by atoms with Crippen molar-refractivity contribution in [3.05, 3.63) is 11.7 Å². The van der Waals surface area contributed by atoms with Gasteiger partial charge in [-0.15, -0.1) is 0 Å². The highest BCUT2D eigenvalue weighted by Gasteiger charge is 2.12. The van der Waals surface area contributed by atoms with Gasteiger partial charge in [-0.3, -0.25) is 0 Å². The summed E-state index contributed by atoms with van der Waals surface area (Å²) in [6.45, 7) is 9.23. The zero-order valence-electron chi connectivity index (χ0n) is 10.0. The first-order valence-electron chi connectivity index (χ1n) is 5.40. The van der Waals surface area contributed by atoms with E-state index in [4.69, 9.17) is 4.52 Å². The second-order valence-electron chi connectivity index (χ2n) is 4.82. The molecule has 0 atom stereocenters. The SMILES string of the molecule is CCc1noc(CSCC[Si](C)(C)C)n1. The van der Waals surface area contributed by atoms with Crippen molar-refractivity contribution in [2.24, 2.45) is 0 Å². The molecule has 0 saturated heterocycles. The summed E-state index contributed by atoms with van der Waals surface area (Å²) in [6.07, 6.45) is 0.850. The Morgan fingerprint density at radius 2 is 2.07 bits per heavy atom. The molecular weight excluding hydrogens is 224 g/mol. The van der Waals surface area contributed by atoms with Crippen LogP contribution in [-0.4, -0.2) is 24.0 Å². The van der Waals surface area contributed by atoms with Crippen LogP contribution in [0.3, 0.4) is 0 Å². The Hall–Kier alpha value is -0.293. The van der Waals surface area contributed by atoms with Crippen LogP contribution in [0.15, 0.2) is 4.52 Å². The Labute approximate surface area is 97.0 Å². The number of hydrogen-bond acceptors (Lipinski definition) is 4. The molecule has 0 aliphatic carbocycles. The molecule has 5 heteroatoms. The summed E-state index contributed by atoms with van der Waals surface area (Å²) in [5.74, 6) is 3.65. The quantitative estimate of drug-likeness (QED) is 0.569. The van der Waals surface area contributed by atoms with Gasteiger partial charge in [-0.1, -0.05) is 31.7 Å². The molecule has 0 fully saturated rings. The molecule has 0 bridgehead atoms. The summed E-state index contributed by atoms with van der Waals surface area (Å²) >= 11 is 1.90. The van der Waals surface area contributed by atoms with Crippen LogP contribution in [0.1, 0.15) is 18.6 Å². The molecule has 0 radical (unpaired) electrons. The van der Waals surface area contributed by atoms with Crippen molar-refractivity contribution < 1.29 is 4.52 Å². The molecule has 0 amide bonds. The molecule has 0 saturated carbocycles. The van der Waals surface area contributed by atoms with Crippen molar-refractivity contribution in [2.45, 2.75) is 44.8 Å². The average Bonchev–Trinajstić information content (AvgIpc) is 2.59. The topological polar surface area (TPSA) is 38.9 Å². The van der Waals surface area contributed by atoms with Crippen molar-refractivity contribution in [3.8, 4) is 0 Å². The second-order valence-corrected chi connectivity index (χ2v) is 11.5. The van der Waals surface area contributed by atoms with Gasteiger partial charge in [0.2, 0.25) is 5.89 Å². The highest BCUT2D eigenvalue weighted by Crippen LogP contribution is 2.17. The third-order valence-electron chi connectivity index (χ3n) is 2.05. The van der Waals surface area contributed by atoms with Gasteiger partial charge in [-0.2, -0.15) is 16.7 Å².